The van der Waals surface area contributed by atoms with Crippen molar-refractivity contribution < 1.29 is 53.3 Å². The summed E-state index contributed by atoms with van der Waals surface area (Å²) < 4.78 is 16.2. The van der Waals surface area contributed by atoms with Gasteiger partial charge in [0.15, 0.2) is 6.04 Å². The average molecular weight is 800 g/mol. The fraction of sp³-hybridized carbons (Fsp3) is 0.293. The smallest absolute Gasteiger partial charge is 0.420 e. The Kier molecular flexibility index (Phi) is 17.1. The lowest BCUT2D eigenvalue weighted by molar-refractivity contribution is -0.384. The Morgan fingerprint density at radius 1 is 0.672 bits per heavy atom. The molecule has 0 bridgehead atoms. The third kappa shape index (κ3) is 13.7. The highest BCUT2D eigenvalue weighted by molar-refractivity contribution is 5.97. The van der Waals surface area contributed by atoms with Crippen LogP contribution in [-0.4, -0.2) is 81.3 Å². The van der Waals surface area contributed by atoms with E-state index in [9.17, 15) is 44.3 Å². The molecule has 4 amide bonds. The molecule has 0 heterocycles. The first-order chi connectivity index (χ1) is 28.0. The second-order valence-electron chi connectivity index (χ2n) is 13.0. The fourth-order valence-corrected chi connectivity index (χ4v) is 5.53. The minimum Gasteiger partial charge on any atom is -0.508 e. The number of amides is 4. The van der Waals surface area contributed by atoms with Gasteiger partial charge >= 0.3 is 18.2 Å². The van der Waals surface area contributed by atoms with Gasteiger partial charge in [0.05, 0.1) is 11.5 Å². The van der Waals surface area contributed by atoms with Gasteiger partial charge in [0.1, 0.15) is 37.7 Å². The van der Waals surface area contributed by atoms with Gasteiger partial charge in [-0.25, -0.2) is 14.4 Å². The number of hydrogen-bond acceptors (Lipinski definition) is 13. The molecule has 0 fully saturated rings. The second-order valence-corrected chi connectivity index (χ2v) is 13.0. The molecular weight excluding hydrogens is 754 g/mol. The number of phenolic OH excluding ortho intramolecular Hbond substituents is 1. The number of unbranched alkanes of at least 4 members (excludes halogenated alkanes) is 1. The molecule has 58 heavy (non-hydrogen) atoms. The van der Waals surface area contributed by atoms with Crippen LogP contribution in [0.1, 0.15) is 41.5 Å². The third-order valence-corrected chi connectivity index (χ3v) is 8.67. The van der Waals surface area contributed by atoms with Gasteiger partial charge in [-0.2, -0.15) is 4.90 Å². The SMILES string of the molecule is NCCCC[C@H](C(=O)N[C@@H](Cc1ccc(O)cc1)C(=O)N[C@@H](CO)C(=O)OCc1ccc([N+](=O)[O-])cc1)N(C(=O)OCc1ccccc1)C(=O)OCc1ccccc1. The van der Waals surface area contributed by atoms with Crippen molar-refractivity contribution in [3.05, 3.63) is 142 Å². The number of hydrogen-bond donors (Lipinski definition) is 5. The van der Waals surface area contributed by atoms with Crippen molar-refractivity contribution in [3.8, 4) is 5.75 Å². The molecule has 4 aromatic rings. The van der Waals surface area contributed by atoms with Crippen molar-refractivity contribution in [2.24, 2.45) is 5.73 Å². The number of benzene rings is 4. The van der Waals surface area contributed by atoms with Crippen LogP contribution in [0.5, 0.6) is 5.75 Å². The minimum atomic E-state index is -1.61. The van der Waals surface area contributed by atoms with Gasteiger partial charge in [-0.1, -0.05) is 72.8 Å². The lowest BCUT2D eigenvalue weighted by Gasteiger charge is -2.30. The molecule has 0 saturated heterocycles. The lowest BCUT2D eigenvalue weighted by Crippen LogP contribution is -2.58. The first kappa shape index (κ1) is 43.9. The normalized spacial score (nSPS) is 12.2. The number of nitrogens with zero attached hydrogens (tertiary/aromatic N) is 2. The molecular formula is C41H45N5O12. The van der Waals surface area contributed by atoms with Crippen LogP contribution in [0.2, 0.25) is 0 Å². The first-order valence-corrected chi connectivity index (χ1v) is 18.3. The van der Waals surface area contributed by atoms with Gasteiger partial charge in [-0.15, -0.1) is 0 Å². The van der Waals surface area contributed by atoms with Gasteiger partial charge in [0.25, 0.3) is 5.69 Å². The van der Waals surface area contributed by atoms with Crippen LogP contribution < -0.4 is 16.4 Å². The number of nitro benzene ring substituents is 1. The summed E-state index contributed by atoms with van der Waals surface area (Å²) in [5.74, 6) is -3.01. The molecule has 0 aromatic heterocycles. The minimum absolute atomic E-state index is 0.0662. The van der Waals surface area contributed by atoms with Gasteiger partial charge in [0, 0.05) is 18.6 Å². The average Bonchev–Trinajstić information content (AvgIpc) is 3.24. The number of carbonyl (C=O) groups excluding carboxylic acids is 5. The number of nitro groups is 1. The molecule has 17 heteroatoms. The number of non-ortho nitro benzene ring substituents is 1. The molecule has 0 aliphatic heterocycles. The molecule has 4 rings (SSSR count). The number of nitrogens with one attached hydrogen (secondary N) is 2. The maximum Gasteiger partial charge on any atom is 0.420 e. The van der Waals surface area contributed by atoms with Crippen molar-refractivity contribution in [3.63, 3.8) is 0 Å². The molecule has 0 aliphatic carbocycles. The van der Waals surface area contributed by atoms with E-state index >= 15 is 0 Å². The predicted octanol–water partition coefficient (Wildman–Crippen LogP) is 4.02. The fourth-order valence-electron chi connectivity index (χ4n) is 5.53. The van der Waals surface area contributed by atoms with E-state index in [1.807, 2.05) is 0 Å². The predicted molar refractivity (Wildman–Crippen MR) is 207 cm³/mol. The van der Waals surface area contributed by atoms with Crippen LogP contribution in [0.25, 0.3) is 0 Å². The van der Waals surface area contributed by atoms with Crippen LogP contribution in [-0.2, 0) is 54.8 Å². The maximum absolute atomic E-state index is 14.3. The summed E-state index contributed by atoms with van der Waals surface area (Å²) in [6.07, 6.45) is -2.01. The Bertz CT molecular complexity index is 1910. The summed E-state index contributed by atoms with van der Waals surface area (Å²) in [7, 11) is 0. The second kappa shape index (κ2) is 22.6. The zero-order valence-electron chi connectivity index (χ0n) is 31.4. The van der Waals surface area contributed by atoms with E-state index in [1.165, 1.54) is 48.5 Å². The van der Waals surface area contributed by atoms with E-state index < -0.39 is 59.6 Å². The maximum atomic E-state index is 14.3. The molecule has 17 nitrogen and oxygen atoms in total. The van der Waals surface area contributed by atoms with Gasteiger partial charge in [-0.3, -0.25) is 19.7 Å². The third-order valence-electron chi connectivity index (χ3n) is 8.67. The number of aliphatic hydroxyl groups excluding tert-OH is 1. The molecule has 6 N–H and O–H groups in total. The zero-order chi connectivity index (χ0) is 41.9. The number of carbonyl (C=O) groups is 5. The summed E-state index contributed by atoms with van der Waals surface area (Å²) in [6.45, 7) is -1.49. The number of ether oxygens (including phenoxy) is 3. The number of esters is 1. The summed E-state index contributed by atoms with van der Waals surface area (Å²) in [6, 6.07) is 23.5. The number of imide groups is 1. The highest BCUT2D eigenvalue weighted by atomic mass is 16.6. The number of aliphatic hydroxyl groups is 1. The number of aromatic hydroxyl groups is 1. The van der Waals surface area contributed by atoms with Crippen molar-refractivity contribution in [1.82, 2.24) is 15.5 Å². The largest absolute Gasteiger partial charge is 0.508 e. The Balaban J connectivity index is 1.59. The summed E-state index contributed by atoms with van der Waals surface area (Å²) in [5.41, 5.74) is 7.63. The number of phenols is 1. The van der Waals surface area contributed by atoms with Crippen molar-refractivity contribution in [2.45, 2.75) is 63.6 Å². The highest BCUT2D eigenvalue weighted by Crippen LogP contribution is 2.18. The Labute approximate surface area is 333 Å². The Hall–Kier alpha value is -6.85. The number of nitrogens with two attached hydrogens (primary N) is 1. The van der Waals surface area contributed by atoms with E-state index in [0.29, 0.717) is 33.6 Å². The van der Waals surface area contributed by atoms with E-state index in [4.69, 9.17) is 19.9 Å². The van der Waals surface area contributed by atoms with Crippen molar-refractivity contribution in [1.29, 1.82) is 0 Å². The van der Waals surface area contributed by atoms with Crippen LogP contribution in [0, 0.1) is 10.1 Å². The van der Waals surface area contributed by atoms with Crippen molar-refractivity contribution in [2.75, 3.05) is 13.2 Å². The standard InChI is InChI=1S/C41H45N5O12/c42-22-8-7-13-36(45(40(52)57-26-29-9-3-1-4-10-29)41(53)58-27-30-11-5-2-6-12-30)38(50)43-34(23-28-16-20-33(48)21-17-28)37(49)44-35(24-47)39(51)56-25-31-14-18-32(19-15-31)46(54)55/h1-6,9-12,14-21,34-36,47-48H,7-8,13,22-27,42H2,(H,43,50)(H,44,49)/t34-,35-,36+/m0/s1. The quantitative estimate of drug-likeness (QED) is 0.0279. The molecule has 0 saturated carbocycles. The molecule has 0 unspecified atom stereocenters. The van der Waals surface area contributed by atoms with Gasteiger partial charge in [0.2, 0.25) is 11.8 Å². The molecule has 3 atom stereocenters. The van der Waals surface area contributed by atoms with E-state index in [0.717, 1.165) is 0 Å². The van der Waals surface area contributed by atoms with Crippen LogP contribution >= 0.6 is 0 Å². The van der Waals surface area contributed by atoms with Crippen LogP contribution in [0.15, 0.2) is 109 Å². The Morgan fingerprint density at radius 3 is 1.69 bits per heavy atom. The molecule has 0 aliphatic rings. The van der Waals surface area contributed by atoms with Gasteiger partial charge < -0.3 is 40.8 Å². The topological polar surface area (TPSA) is 250 Å². The van der Waals surface area contributed by atoms with Crippen molar-refractivity contribution >= 4 is 35.7 Å². The summed E-state index contributed by atoms with van der Waals surface area (Å²) >= 11 is 0. The van der Waals surface area contributed by atoms with Crippen LogP contribution in [0.3, 0.4) is 0 Å². The molecule has 4 aromatic carbocycles. The highest BCUT2D eigenvalue weighted by Gasteiger charge is 2.39. The number of rotatable bonds is 20. The van der Waals surface area contributed by atoms with Crippen LogP contribution in [0.4, 0.5) is 15.3 Å². The monoisotopic (exact) mass is 799 g/mol. The van der Waals surface area contributed by atoms with E-state index in [1.54, 1.807) is 60.7 Å². The lowest BCUT2D eigenvalue weighted by atomic mass is 10.0. The zero-order valence-corrected chi connectivity index (χ0v) is 31.4. The van der Waals surface area contributed by atoms with E-state index in [2.05, 4.69) is 10.6 Å². The molecule has 0 spiro atoms. The Morgan fingerprint density at radius 2 is 1.17 bits per heavy atom. The molecule has 306 valence electrons. The summed E-state index contributed by atoms with van der Waals surface area (Å²) in [4.78, 5) is 79.6. The first-order valence-electron chi connectivity index (χ1n) is 18.3. The van der Waals surface area contributed by atoms with Gasteiger partial charge in [-0.05, 0) is 72.3 Å². The van der Waals surface area contributed by atoms with E-state index in [-0.39, 0.29) is 57.1 Å². The summed E-state index contributed by atoms with van der Waals surface area (Å²) in [5, 5.41) is 35.8. The molecule has 0 radical (unpaired) electrons.